The maximum atomic E-state index is 12.2. The van der Waals surface area contributed by atoms with E-state index in [2.05, 4.69) is 36.5 Å². The molecule has 0 saturated carbocycles. The molecule has 3 rings (SSSR count). The van der Waals surface area contributed by atoms with Crippen LogP contribution in [0.15, 0.2) is 48.5 Å². The molecule has 0 aliphatic heterocycles. The molecule has 0 atom stereocenters. The van der Waals surface area contributed by atoms with Crippen molar-refractivity contribution in [2.24, 2.45) is 0 Å². The smallest absolute Gasteiger partial charge is 0.407 e. The van der Waals surface area contributed by atoms with Gasteiger partial charge in [0, 0.05) is 25.7 Å². The summed E-state index contributed by atoms with van der Waals surface area (Å²) in [6, 6.07) is 16.6. The van der Waals surface area contributed by atoms with Gasteiger partial charge in [-0.1, -0.05) is 68.3 Å². The molecule has 0 fully saturated rings. The van der Waals surface area contributed by atoms with E-state index >= 15 is 0 Å². The number of unbranched alkanes of at least 4 members (excludes halogenated alkanes) is 2. The Morgan fingerprint density at radius 2 is 1.10 bits per heavy atom. The lowest BCUT2D eigenvalue weighted by molar-refractivity contribution is -0.0113. The number of carbonyl (C=O) groups is 1. The zero-order valence-electron chi connectivity index (χ0n) is 23.4. The second-order valence-electron chi connectivity index (χ2n) is 9.37. The molecule has 39 heavy (non-hydrogen) atoms. The van der Waals surface area contributed by atoms with E-state index in [4.69, 9.17) is 28.4 Å². The van der Waals surface area contributed by atoms with Crippen molar-refractivity contribution in [1.29, 1.82) is 0 Å². The standard InChI is InChI=1S/C31H45NO7/c1-2-3-8-15-34-17-19-36-21-23-38-24-22-37-20-18-35-16-9-14-32-31(33)39-25-30-28-12-6-4-10-26(28)27-11-5-7-13-29(27)30/h4-7,10-13,30H,2-3,8-9,14-25H2,1H3,(H,32,33). The third-order valence-corrected chi connectivity index (χ3v) is 6.46. The summed E-state index contributed by atoms with van der Waals surface area (Å²) in [5.74, 6) is 0.0650. The Bertz CT molecular complexity index is 893. The predicted octanol–water partition coefficient (Wildman–Crippen LogP) is 5.19. The minimum absolute atomic E-state index is 0.0650. The minimum atomic E-state index is -0.402. The van der Waals surface area contributed by atoms with E-state index in [-0.39, 0.29) is 5.92 Å². The molecule has 1 aliphatic rings. The monoisotopic (exact) mass is 543 g/mol. The summed E-state index contributed by atoms with van der Waals surface area (Å²) in [4.78, 5) is 12.2. The molecular formula is C31H45NO7. The number of amides is 1. The van der Waals surface area contributed by atoms with Gasteiger partial charge in [-0.05, 0) is 35.1 Å². The molecule has 216 valence electrons. The van der Waals surface area contributed by atoms with Gasteiger partial charge in [0.05, 0.1) is 52.9 Å². The Kier molecular flexibility index (Phi) is 15.6. The third-order valence-electron chi connectivity index (χ3n) is 6.46. The van der Waals surface area contributed by atoms with Gasteiger partial charge in [-0.15, -0.1) is 0 Å². The molecular weight excluding hydrogens is 498 g/mol. The van der Waals surface area contributed by atoms with Crippen LogP contribution in [0.25, 0.3) is 11.1 Å². The maximum absolute atomic E-state index is 12.2. The summed E-state index contributed by atoms with van der Waals surface area (Å²) < 4.78 is 33.0. The Hall–Kier alpha value is -2.49. The van der Waals surface area contributed by atoms with Gasteiger partial charge < -0.3 is 33.7 Å². The van der Waals surface area contributed by atoms with E-state index in [9.17, 15) is 4.79 Å². The van der Waals surface area contributed by atoms with Gasteiger partial charge in [0.1, 0.15) is 6.61 Å². The van der Waals surface area contributed by atoms with Crippen LogP contribution in [-0.4, -0.2) is 85.3 Å². The minimum Gasteiger partial charge on any atom is -0.449 e. The van der Waals surface area contributed by atoms with Crippen molar-refractivity contribution in [3.05, 3.63) is 59.7 Å². The van der Waals surface area contributed by atoms with Crippen molar-refractivity contribution in [3.63, 3.8) is 0 Å². The molecule has 2 aromatic carbocycles. The summed E-state index contributed by atoms with van der Waals surface area (Å²) >= 11 is 0. The fourth-order valence-corrected chi connectivity index (χ4v) is 4.45. The number of alkyl carbamates (subject to hydrolysis) is 1. The highest BCUT2D eigenvalue weighted by Gasteiger charge is 2.28. The van der Waals surface area contributed by atoms with Crippen LogP contribution >= 0.6 is 0 Å². The second kappa shape index (κ2) is 19.6. The first-order chi connectivity index (χ1) is 19.3. The zero-order chi connectivity index (χ0) is 27.4. The van der Waals surface area contributed by atoms with Crippen LogP contribution in [0.3, 0.4) is 0 Å². The summed E-state index contributed by atoms with van der Waals surface area (Å²) in [5, 5.41) is 2.81. The first-order valence-electron chi connectivity index (χ1n) is 14.3. The predicted molar refractivity (Wildman–Crippen MR) is 151 cm³/mol. The van der Waals surface area contributed by atoms with Gasteiger partial charge in [-0.25, -0.2) is 4.79 Å². The van der Waals surface area contributed by atoms with E-state index < -0.39 is 6.09 Å². The highest BCUT2D eigenvalue weighted by molar-refractivity contribution is 5.79. The first-order valence-corrected chi connectivity index (χ1v) is 14.3. The van der Waals surface area contributed by atoms with Crippen LogP contribution < -0.4 is 5.32 Å². The SMILES string of the molecule is CCCCCOCCOCCOCCOCCOCCCNC(=O)OCC1c2ccccc2-c2ccccc21. The first kappa shape index (κ1) is 31.0. The molecule has 0 aromatic heterocycles. The maximum Gasteiger partial charge on any atom is 0.407 e. The van der Waals surface area contributed by atoms with E-state index in [1.807, 2.05) is 24.3 Å². The van der Waals surface area contributed by atoms with Crippen LogP contribution in [-0.2, 0) is 28.4 Å². The number of hydrogen-bond acceptors (Lipinski definition) is 7. The Balaban J connectivity index is 1.09. The molecule has 1 amide bonds. The number of rotatable bonds is 22. The molecule has 0 unspecified atom stereocenters. The summed E-state index contributed by atoms with van der Waals surface area (Å²) in [7, 11) is 0. The molecule has 8 nitrogen and oxygen atoms in total. The molecule has 0 saturated heterocycles. The number of hydrogen-bond donors (Lipinski definition) is 1. The van der Waals surface area contributed by atoms with E-state index in [1.165, 1.54) is 35.1 Å². The normalized spacial score (nSPS) is 12.3. The van der Waals surface area contributed by atoms with Crippen molar-refractivity contribution in [2.75, 3.05) is 79.2 Å². The largest absolute Gasteiger partial charge is 0.449 e. The van der Waals surface area contributed by atoms with Crippen LogP contribution in [0.5, 0.6) is 0 Å². The highest BCUT2D eigenvalue weighted by Crippen LogP contribution is 2.44. The number of fused-ring (bicyclic) bond motifs is 3. The van der Waals surface area contributed by atoms with Crippen LogP contribution in [0.2, 0.25) is 0 Å². The average Bonchev–Trinajstić information content (AvgIpc) is 3.28. The third kappa shape index (κ3) is 11.6. The van der Waals surface area contributed by atoms with Gasteiger partial charge in [-0.2, -0.15) is 0 Å². The molecule has 8 heteroatoms. The molecule has 2 aromatic rings. The highest BCUT2D eigenvalue weighted by atomic mass is 16.6. The average molecular weight is 544 g/mol. The molecule has 1 N–H and O–H groups in total. The van der Waals surface area contributed by atoms with Crippen LogP contribution in [0.1, 0.15) is 49.7 Å². The zero-order valence-corrected chi connectivity index (χ0v) is 23.4. The Morgan fingerprint density at radius 1 is 0.641 bits per heavy atom. The number of ether oxygens (including phenoxy) is 6. The summed E-state index contributed by atoms with van der Waals surface area (Å²) in [6.45, 7) is 8.77. The van der Waals surface area contributed by atoms with Gasteiger partial charge in [0.25, 0.3) is 0 Å². The van der Waals surface area contributed by atoms with Crippen molar-refractivity contribution in [2.45, 2.75) is 38.5 Å². The molecule has 0 radical (unpaired) electrons. The van der Waals surface area contributed by atoms with Crippen molar-refractivity contribution < 1.29 is 33.2 Å². The Labute approximate surface area is 233 Å². The number of nitrogens with one attached hydrogen (secondary N) is 1. The van der Waals surface area contributed by atoms with Crippen molar-refractivity contribution in [3.8, 4) is 11.1 Å². The topological polar surface area (TPSA) is 84.5 Å². The van der Waals surface area contributed by atoms with E-state index in [0.29, 0.717) is 79.0 Å². The fourth-order valence-electron chi connectivity index (χ4n) is 4.45. The van der Waals surface area contributed by atoms with Gasteiger partial charge in [-0.3, -0.25) is 0 Å². The lowest BCUT2D eigenvalue weighted by Gasteiger charge is -2.14. The van der Waals surface area contributed by atoms with Gasteiger partial charge in [0.2, 0.25) is 0 Å². The molecule has 0 spiro atoms. The molecule has 0 bridgehead atoms. The second-order valence-corrected chi connectivity index (χ2v) is 9.37. The summed E-state index contributed by atoms with van der Waals surface area (Å²) in [5.41, 5.74) is 4.85. The lowest BCUT2D eigenvalue weighted by Crippen LogP contribution is -2.27. The number of benzene rings is 2. The lowest BCUT2D eigenvalue weighted by atomic mass is 9.98. The van der Waals surface area contributed by atoms with Gasteiger partial charge in [0.15, 0.2) is 0 Å². The molecule has 1 aliphatic carbocycles. The number of carbonyl (C=O) groups excluding carboxylic acids is 1. The Morgan fingerprint density at radius 3 is 1.62 bits per heavy atom. The summed E-state index contributed by atoms with van der Waals surface area (Å²) in [6.07, 6.45) is 3.84. The van der Waals surface area contributed by atoms with Crippen molar-refractivity contribution >= 4 is 6.09 Å². The van der Waals surface area contributed by atoms with E-state index in [0.717, 1.165) is 13.0 Å². The van der Waals surface area contributed by atoms with Gasteiger partial charge >= 0.3 is 6.09 Å². The quantitative estimate of drug-likeness (QED) is 0.205. The van der Waals surface area contributed by atoms with Crippen molar-refractivity contribution in [1.82, 2.24) is 5.32 Å². The van der Waals surface area contributed by atoms with Crippen LogP contribution in [0, 0.1) is 0 Å². The van der Waals surface area contributed by atoms with Crippen LogP contribution in [0.4, 0.5) is 4.79 Å². The molecule has 0 heterocycles. The van der Waals surface area contributed by atoms with E-state index in [1.54, 1.807) is 0 Å². The fraction of sp³-hybridized carbons (Fsp3) is 0.581.